The molecule has 140 valence electrons. The van der Waals surface area contributed by atoms with Crippen LogP contribution >= 0.6 is 0 Å². The molecule has 0 bridgehead atoms. The van der Waals surface area contributed by atoms with Crippen LogP contribution in [0.25, 0.3) is 0 Å². The van der Waals surface area contributed by atoms with Gasteiger partial charge in [-0.1, -0.05) is 6.92 Å². The highest BCUT2D eigenvalue weighted by molar-refractivity contribution is 7.91. The minimum absolute atomic E-state index is 0.0144. The van der Waals surface area contributed by atoms with E-state index in [0.717, 1.165) is 31.2 Å². The second-order valence-corrected chi connectivity index (χ2v) is 9.34. The van der Waals surface area contributed by atoms with Crippen molar-refractivity contribution in [2.45, 2.75) is 58.0 Å². The summed E-state index contributed by atoms with van der Waals surface area (Å²) in [6.07, 6.45) is 5.34. The normalized spacial score (nSPS) is 22.9. The van der Waals surface area contributed by atoms with Crippen LogP contribution in [0.1, 0.15) is 51.2 Å². The molecular weight excluding hydrogens is 340 g/mol. The zero-order chi connectivity index (χ0) is 17.9. The van der Waals surface area contributed by atoms with Crippen molar-refractivity contribution in [1.82, 2.24) is 4.90 Å². The Kier molecular flexibility index (Phi) is 5.71. The van der Waals surface area contributed by atoms with E-state index in [0.29, 0.717) is 19.4 Å². The molecule has 2 fully saturated rings. The fourth-order valence-electron chi connectivity index (χ4n) is 3.70. The predicted octanol–water partition coefficient (Wildman–Crippen LogP) is 2.59. The molecule has 25 heavy (non-hydrogen) atoms. The molecule has 2 aliphatic heterocycles. The third-order valence-electron chi connectivity index (χ3n) is 5.07. The summed E-state index contributed by atoms with van der Waals surface area (Å²) in [6.45, 7) is 4.33. The number of sulfone groups is 1. The van der Waals surface area contributed by atoms with Crippen LogP contribution in [0.15, 0.2) is 16.5 Å². The highest BCUT2D eigenvalue weighted by atomic mass is 32.2. The van der Waals surface area contributed by atoms with Gasteiger partial charge < -0.3 is 14.2 Å². The van der Waals surface area contributed by atoms with E-state index in [1.54, 1.807) is 4.90 Å². The number of furan rings is 1. The lowest BCUT2D eigenvalue weighted by atomic mass is 10.1. The van der Waals surface area contributed by atoms with Crippen molar-refractivity contribution >= 4 is 21.6 Å². The second-order valence-electron chi connectivity index (χ2n) is 7.12. The maximum absolute atomic E-state index is 12.5. The quantitative estimate of drug-likeness (QED) is 0.772. The monoisotopic (exact) mass is 368 g/mol. The standard InChI is InChI=1S/C18H28N2O4S/c1-2-6-17(21)20(15-9-12-25(22,23)14-15)13-16-7-8-18(24-16)19-10-4-3-5-11-19/h7-8,15H,2-6,9-14H2,1H3. The van der Waals surface area contributed by atoms with Crippen LogP contribution in [-0.2, 0) is 21.2 Å². The first-order chi connectivity index (χ1) is 12.0. The Hall–Kier alpha value is -1.50. The number of carbonyl (C=O) groups is 1. The molecule has 1 atom stereocenters. The highest BCUT2D eigenvalue weighted by Crippen LogP contribution is 2.26. The zero-order valence-corrected chi connectivity index (χ0v) is 15.8. The minimum atomic E-state index is -3.03. The molecule has 1 amide bonds. The fraction of sp³-hybridized carbons (Fsp3) is 0.722. The van der Waals surface area contributed by atoms with Gasteiger partial charge in [-0.25, -0.2) is 8.42 Å². The number of hydrogen-bond acceptors (Lipinski definition) is 5. The first kappa shape index (κ1) is 18.3. The molecule has 0 radical (unpaired) electrons. The molecular formula is C18H28N2O4S. The Morgan fingerprint density at radius 1 is 1.28 bits per heavy atom. The van der Waals surface area contributed by atoms with Crippen molar-refractivity contribution in [2.24, 2.45) is 0 Å². The SMILES string of the molecule is CCCC(=O)N(Cc1ccc(N2CCCCC2)o1)C1CCS(=O)(=O)C1. The van der Waals surface area contributed by atoms with E-state index in [-0.39, 0.29) is 23.5 Å². The summed E-state index contributed by atoms with van der Waals surface area (Å²) in [6, 6.07) is 3.65. The number of anilines is 1. The fourth-order valence-corrected chi connectivity index (χ4v) is 5.43. The zero-order valence-electron chi connectivity index (χ0n) is 14.9. The Morgan fingerprint density at radius 2 is 2.04 bits per heavy atom. The third-order valence-corrected chi connectivity index (χ3v) is 6.83. The van der Waals surface area contributed by atoms with Crippen molar-refractivity contribution in [1.29, 1.82) is 0 Å². The third kappa shape index (κ3) is 4.57. The number of hydrogen-bond donors (Lipinski definition) is 0. The van der Waals surface area contributed by atoms with Crippen molar-refractivity contribution in [3.8, 4) is 0 Å². The highest BCUT2D eigenvalue weighted by Gasteiger charge is 2.34. The van der Waals surface area contributed by atoms with Gasteiger partial charge in [-0.05, 0) is 38.2 Å². The molecule has 0 N–H and O–H groups in total. The van der Waals surface area contributed by atoms with Crippen molar-refractivity contribution < 1.29 is 17.6 Å². The van der Waals surface area contributed by atoms with Crippen molar-refractivity contribution in [3.05, 3.63) is 17.9 Å². The molecule has 0 saturated carbocycles. The number of nitrogens with zero attached hydrogens (tertiary/aromatic N) is 2. The average molecular weight is 368 g/mol. The van der Waals surface area contributed by atoms with Gasteiger partial charge in [0.2, 0.25) is 5.91 Å². The van der Waals surface area contributed by atoms with E-state index in [1.807, 2.05) is 19.1 Å². The predicted molar refractivity (Wildman–Crippen MR) is 97.3 cm³/mol. The maximum atomic E-state index is 12.5. The minimum Gasteiger partial charge on any atom is -0.444 e. The number of piperidine rings is 1. The molecule has 0 aromatic carbocycles. The van der Waals surface area contributed by atoms with Crippen molar-refractivity contribution in [3.63, 3.8) is 0 Å². The first-order valence-electron chi connectivity index (χ1n) is 9.32. The summed E-state index contributed by atoms with van der Waals surface area (Å²) in [5.74, 6) is 1.85. The number of rotatable bonds is 6. The van der Waals surface area contributed by atoms with Crippen LogP contribution in [-0.4, -0.2) is 49.9 Å². The Morgan fingerprint density at radius 3 is 2.68 bits per heavy atom. The van der Waals surface area contributed by atoms with Gasteiger partial charge in [-0.2, -0.15) is 0 Å². The molecule has 2 saturated heterocycles. The van der Waals surface area contributed by atoms with E-state index in [2.05, 4.69) is 4.90 Å². The summed E-state index contributed by atoms with van der Waals surface area (Å²) in [5, 5.41) is 0. The van der Waals surface area contributed by atoms with E-state index in [1.165, 1.54) is 19.3 Å². The summed E-state index contributed by atoms with van der Waals surface area (Å²) in [5.41, 5.74) is 0. The van der Waals surface area contributed by atoms with Gasteiger partial charge >= 0.3 is 0 Å². The largest absolute Gasteiger partial charge is 0.444 e. The van der Waals surface area contributed by atoms with E-state index in [9.17, 15) is 13.2 Å². The first-order valence-corrected chi connectivity index (χ1v) is 11.1. The second kappa shape index (κ2) is 7.81. The lowest BCUT2D eigenvalue weighted by Gasteiger charge is -2.28. The van der Waals surface area contributed by atoms with E-state index < -0.39 is 9.84 Å². The van der Waals surface area contributed by atoms with Gasteiger partial charge in [0.15, 0.2) is 15.7 Å². The topological polar surface area (TPSA) is 70.8 Å². The lowest BCUT2D eigenvalue weighted by Crippen LogP contribution is -2.40. The molecule has 1 aromatic heterocycles. The molecule has 3 rings (SSSR count). The number of carbonyl (C=O) groups excluding carboxylic acids is 1. The van der Waals surface area contributed by atoms with Crippen LogP contribution in [0.2, 0.25) is 0 Å². The Bertz CT molecular complexity index is 692. The molecule has 0 aliphatic carbocycles. The van der Waals surface area contributed by atoms with E-state index in [4.69, 9.17) is 4.42 Å². The van der Waals surface area contributed by atoms with Gasteiger partial charge in [0.1, 0.15) is 5.76 Å². The van der Waals surface area contributed by atoms with Gasteiger partial charge in [0.05, 0.1) is 18.1 Å². The summed E-state index contributed by atoms with van der Waals surface area (Å²) < 4.78 is 29.6. The maximum Gasteiger partial charge on any atom is 0.223 e. The van der Waals surface area contributed by atoms with E-state index >= 15 is 0 Å². The van der Waals surface area contributed by atoms with Crippen LogP contribution in [0.3, 0.4) is 0 Å². The smallest absolute Gasteiger partial charge is 0.223 e. The summed E-state index contributed by atoms with van der Waals surface area (Å²) >= 11 is 0. The van der Waals surface area contributed by atoms with Crippen LogP contribution in [0, 0.1) is 0 Å². The van der Waals surface area contributed by atoms with Gasteiger partial charge in [-0.3, -0.25) is 4.79 Å². The summed E-state index contributed by atoms with van der Waals surface area (Å²) in [7, 11) is -3.03. The van der Waals surface area contributed by atoms with Crippen LogP contribution in [0.4, 0.5) is 5.88 Å². The molecule has 1 aromatic rings. The molecule has 2 aliphatic rings. The molecule has 1 unspecified atom stereocenters. The number of amides is 1. The van der Waals surface area contributed by atoms with Gasteiger partial charge in [0.25, 0.3) is 0 Å². The Balaban J connectivity index is 1.71. The average Bonchev–Trinajstić information content (AvgIpc) is 3.20. The molecule has 3 heterocycles. The van der Waals surface area contributed by atoms with Gasteiger partial charge in [0, 0.05) is 31.6 Å². The Labute approximate surface area is 150 Å². The summed E-state index contributed by atoms with van der Waals surface area (Å²) in [4.78, 5) is 16.5. The molecule has 7 heteroatoms. The lowest BCUT2D eigenvalue weighted by molar-refractivity contribution is -0.134. The van der Waals surface area contributed by atoms with Crippen LogP contribution < -0.4 is 4.90 Å². The molecule has 0 spiro atoms. The van der Waals surface area contributed by atoms with Crippen LogP contribution in [0.5, 0.6) is 0 Å². The molecule has 6 nitrogen and oxygen atoms in total. The van der Waals surface area contributed by atoms with Gasteiger partial charge in [-0.15, -0.1) is 0 Å². The van der Waals surface area contributed by atoms with Crippen molar-refractivity contribution in [2.75, 3.05) is 29.5 Å².